The zero-order valence-electron chi connectivity index (χ0n) is 18.6. The minimum atomic E-state index is -0.684. The number of nitrogens with one attached hydrogen (secondary N) is 3. The highest BCUT2D eigenvalue weighted by Gasteiger charge is 2.32. The number of nitrogens with zero attached hydrogens (tertiary/aromatic N) is 2. The largest absolute Gasteiger partial charge is 0.352 e. The summed E-state index contributed by atoms with van der Waals surface area (Å²) in [6.45, 7) is 4.31. The van der Waals surface area contributed by atoms with Gasteiger partial charge in [-0.15, -0.1) is 0 Å². The lowest BCUT2D eigenvalue weighted by Crippen LogP contribution is -2.54. The van der Waals surface area contributed by atoms with E-state index < -0.39 is 11.9 Å². The van der Waals surface area contributed by atoms with Crippen LogP contribution in [0, 0.1) is 17.8 Å². The van der Waals surface area contributed by atoms with E-state index >= 15 is 0 Å². The van der Waals surface area contributed by atoms with Crippen LogP contribution in [0.5, 0.6) is 0 Å². The van der Waals surface area contributed by atoms with Gasteiger partial charge in [-0.05, 0) is 37.0 Å². The van der Waals surface area contributed by atoms with Gasteiger partial charge < -0.3 is 16.0 Å². The van der Waals surface area contributed by atoms with E-state index in [1.807, 2.05) is 0 Å². The molecule has 1 aromatic rings. The Bertz CT molecular complexity index is 751. The van der Waals surface area contributed by atoms with Crippen LogP contribution in [-0.4, -0.2) is 46.3 Å². The smallest absolute Gasteiger partial charge is 0.272 e. The fourth-order valence-electron chi connectivity index (χ4n) is 4.82. The minimum absolute atomic E-state index is 0.0525. The normalized spacial score (nSPS) is 25.3. The van der Waals surface area contributed by atoms with E-state index in [9.17, 15) is 14.4 Å². The number of carbonyl (C=O) groups excluding carboxylic acids is 3. The molecule has 31 heavy (non-hydrogen) atoms. The van der Waals surface area contributed by atoms with Gasteiger partial charge in [0.1, 0.15) is 11.7 Å². The SMILES string of the molecule is CC1CCC[C@H](NC(=O)CNC(=O)C(NC(=O)c2cnccn2)C2CCCCC2)[C@@H]1C. The molecular formula is C23H35N5O3. The summed E-state index contributed by atoms with van der Waals surface area (Å²) in [4.78, 5) is 46.0. The monoisotopic (exact) mass is 429 g/mol. The summed E-state index contributed by atoms with van der Waals surface area (Å²) in [5, 5.41) is 8.67. The van der Waals surface area contributed by atoms with Crippen molar-refractivity contribution in [1.82, 2.24) is 25.9 Å². The number of rotatable bonds is 7. The summed E-state index contributed by atoms with van der Waals surface area (Å²) in [6.07, 6.45) is 12.6. The van der Waals surface area contributed by atoms with Gasteiger partial charge in [-0.3, -0.25) is 19.4 Å². The minimum Gasteiger partial charge on any atom is -0.352 e. The molecular weight excluding hydrogens is 394 g/mol. The summed E-state index contributed by atoms with van der Waals surface area (Å²) in [5.41, 5.74) is 0.175. The first-order chi connectivity index (χ1) is 15.0. The summed E-state index contributed by atoms with van der Waals surface area (Å²) in [5.74, 6) is 0.145. The van der Waals surface area contributed by atoms with Gasteiger partial charge in [-0.1, -0.05) is 46.0 Å². The molecule has 0 radical (unpaired) electrons. The second-order valence-electron chi connectivity index (χ2n) is 9.10. The molecule has 0 aromatic carbocycles. The third kappa shape index (κ3) is 6.48. The van der Waals surface area contributed by atoms with E-state index in [-0.39, 0.29) is 36.0 Å². The Hall–Kier alpha value is -2.51. The molecule has 1 heterocycles. The van der Waals surface area contributed by atoms with Gasteiger partial charge in [0.2, 0.25) is 11.8 Å². The number of amides is 3. The molecule has 2 aliphatic rings. The Morgan fingerprint density at radius 3 is 2.52 bits per heavy atom. The van der Waals surface area contributed by atoms with Crippen LogP contribution >= 0.6 is 0 Å². The first-order valence-corrected chi connectivity index (χ1v) is 11.6. The van der Waals surface area contributed by atoms with Gasteiger partial charge in [0.15, 0.2) is 0 Å². The molecule has 2 unspecified atom stereocenters. The molecule has 0 saturated heterocycles. The fraction of sp³-hybridized carbons (Fsp3) is 0.696. The van der Waals surface area contributed by atoms with Crippen LogP contribution in [-0.2, 0) is 9.59 Å². The summed E-state index contributed by atoms with van der Waals surface area (Å²) < 4.78 is 0. The summed E-state index contributed by atoms with van der Waals surface area (Å²) >= 11 is 0. The molecule has 0 bridgehead atoms. The third-order valence-electron chi connectivity index (χ3n) is 6.96. The highest BCUT2D eigenvalue weighted by atomic mass is 16.2. The fourth-order valence-corrected chi connectivity index (χ4v) is 4.82. The Balaban J connectivity index is 1.57. The van der Waals surface area contributed by atoms with Gasteiger partial charge in [0.05, 0.1) is 12.7 Å². The van der Waals surface area contributed by atoms with Crippen molar-refractivity contribution < 1.29 is 14.4 Å². The lowest BCUT2D eigenvalue weighted by Gasteiger charge is -2.34. The average Bonchev–Trinajstić information content (AvgIpc) is 2.80. The van der Waals surface area contributed by atoms with Crippen LogP contribution in [0.25, 0.3) is 0 Å². The molecule has 8 nitrogen and oxygen atoms in total. The molecule has 2 aliphatic carbocycles. The van der Waals surface area contributed by atoms with E-state index in [1.54, 1.807) is 0 Å². The second-order valence-corrected chi connectivity index (χ2v) is 9.10. The predicted octanol–water partition coefficient (Wildman–Crippen LogP) is 2.21. The number of aromatic nitrogens is 2. The van der Waals surface area contributed by atoms with E-state index in [0.717, 1.165) is 44.9 Å². The van der Waals surface area contributed by atoms with Gasteiger partial charge in [0.25, 0.3) is 5.91 Å². The maximum atomic E-state index is 13.0. The van der Waals surface area contributed by atoms with Crippen molar-refractivity contribution >= 4 is 17.7 Å². The molecule has 170 valence electrons. The number of hydrogen-bond acceptors (Lipinski definition) is 5. The molecule has 4 atom stereocenters. The summed E-state index contributed by atoms with van der Waals surface area (Å²) in [7, 11) is 0. The standard InChI is InChI=1S/C23H35N5O3/c1-15-7-6-10-18(16(15)2)27-20(29)14-26-23(31)21(17-8-4-3-5-9-17)28-22(30)19-13-24-11-12-25-19/h11-13,15-18,21H,3-10,14H2,1-2H3,(H,26,31)(H,27,29)(H,28,30)/t15?,16-,18+,21?/m1/s1. The van der Waals surface area contributed by atoms with E-state index in [0.29, 0.717) is 11.8 Å². The third-order valence-corrected chi connectivity index (χ3v) is 6.96. The van der Waals surface area contributed by atoms with Crippen LogP contribution in [0.3, 0.4) is 0 Å². The van der Waals surface area contributed by atoms with Crippen LogP contribution in [0.1, 0.15) is 75.7 Å². The van der Waals surface area contributed by atoms with Crippen molar-refractivity contribution in [3.8, 4) is 0 Å². The van der Waals surface area contributed by atoms with Gasteiger partial charge in [0, 0.05) is 18.4 Å². The lowest BCUT2D eigenvalue weighted by molar-refractivity contribution is -0.128. The highest BCUT2D eigenvalue weighted by Crippen LogP contribution is 2.29. The predicted molar refractivity (Wildman–Crippen MR) is 117 cm³/mol. The molecule has 0 aliphatic heterocycles. The lowest BCUT2D eigenvalue weighted by atomic mass is 9.78. The molecule has 2 saturated carbocycles. The zero-order valence-corrected chi connectivity index (χ0v) is 18.6. The van der Waals surface area contributed by atoms with Crippen molar-refractivity contribution in [2.45, 2.75) is 77.3 Å². The molecule has 1 aromatic heterocycles. The maximum Gasteiger partial charge on any atom is 0.272 e. The molecule has 3 rings (SSSR count). The quantitative estimate of drug-likeness (QED) is 0.615. The Kier molecular flexibility index (Phi) is 8.37. The van der Waals surface area contributed by atoms with E-state index in [1.165, 1.54) is 25.0 Å². The van der Waals surface area contributed by atoms with Crippen molar-refractivity contribution in [3.05, 3.63) is 24.3 Å². The Morgan fingerprint density at radius 2 is 1.81 bits per heavy atom. The van der Waals surface area contributed by atoms with Crippen molar-refractivity contribution in [2.24, 2.45) is 17.8 Å². The highest BCUT2D eigenvalue weighted by molar-refractivity contribution is 5.96. The number of carbonyl (C=O) groups is 3. The Labute approximate surface area is 184 Å². The van der Waals surface area contributed by atoms with Crippen molar-refractivity contribution in [3.63, 3.8) is 0 Å². The molecule has 0 spiro atoms. The number of hydrogen-bond donors (Lipinski definition) is 3. The average molecular weight is 430 g/mol. The van der Waals surface area contributed by atoms with Crippen molar-refractivity contribution in [1.29, 1.82) is 0 Å². The van der Waals surface area contributed by atoms with E-state index in [2.05, 4.69) is 39.8 Å². The first-order valence-electron chi connectivity index (χ1n) is 11.6. The van der Waals surface area contributed by atoms with Gasteiger partial charge in [-0.25, -0.2) is 4.98 Å². The van der Waals surface area contributed by atoms with Gasteiger partial charge >= 0.3 is 0 Å². The molecule has 2 fully saturated rings. The zero-order chi connectivity index (χ0) is 22.2. The van der Waals surface area contributed by atoms with Crippen LogP contribution < -0.4 is 16.0 Å². The topological polar surface area (TPSA) is 113 Å². The van der Waals surface area contributed by atoms with Crippen LogP contribution in [0.4, 0.5) is 0 Å². The molecule has 3 amide bonds. The van der Waals surface area contributed by atoms with Crippen LogP contribution in [0.15, 0.2) is 18.6 Å². The Morgan fingerprint density at radius 1 is 1.03 bits per heavy atom. The molecule has 8 heteroatoms. The van der Waals surface area contributed by atoms with Crippen LogP contribution in [0.2, 0.25) is 0 Å². The first kappa shape index (κ1) is 23.2. The molecule has 3 N–H and O–H groups in total. The van der Waals surface area contributed by atoms with Gasteiger partial charge in [-0.2, -0.15) is 0 Å². The summed E-state index contributed by atoms with van der Waals surface area (Å²) in [6, 6.07) is -0.533. The second kappa shape index (κ2) is 11.2. The van der Waals surface area contributed by atoms with E-state index in [4.69, 9.17) is 0 Å². The van der Waals surface area contributed by atoms with Crippen molar-refractivity contribution in [2.75, 3.05) is 6.54 Å². The maximum absolute atomic E-state index is 13.0.